The third-order valence-corrected chi connectivity index (χ3v) is 3.54. The molecule has 0 aliphatic rings. The van der Waals surface area contributed by atoms with Crippen molar-refractivity contribution in [1.82, 2.24) is 9.78 Å². The lowest BCUT2D eigenvalue weighted by Crippen LogP contribution is -2.03. The van der Waals surface area contributed by atoms with Gasteiger partial charge in [0.05, 0.1) is 12.3 Å². The molecule has 0 bridgehead atoms. The molecule has 1 atom stereocenters. The monoisotopic (exact) mass is 258 g/mol. The van der Waals surface area contributed by atoms with E-state index in [0.29, 0.717) is 12.5 Å². The van der Waals surface area contributed by atoms with Crippen LogP contribution < -0.4 is 0 Å². The van der Waals surface area contributed by atoms with Gasteiger partial charge in [-0.2, -0.15) is 5.10 Å². The molecule has 102 valence electrons. The molecule has 19 heavy (non-hydrogen) atoms. The van der Waals surface area contributed by atoms with E-state index in [-0.39, 0.29) is 0 Å². The topological polar surface area (TPSA) is 38.1 Å². The number of hydrogen-bond acceptors (Lipinski definition) is 2. The Kier molecular flexibility index (Phi) is 4.05. The maximum atomic E-state index is 10.3. The van der Waals surface area contributed by atoms with Gasteiger partial charge in [-0.25, -0.2) is 0 Å². The van der Waals surface area contributed by atoms with Gasteiger partial charge in [-0.3, -0.25) is 4.68 Å². The molecule has 1 N–H and O–H groups in total. The molecule has 0 amide bonds. The SMILES string of the molecule is Cc1ccc(CC(O)c2cnn(C(C)C)c2)cc1C. The molecule has 2 rings (SSSR count). The van der Waals surface area contributed by atoms with Crippen LogP contribution in [0, 0.1) is 13.8 Å². The Hall–Kier alpha value is -1.61. The van der Waals surface area contributed by atoms with Gasteiger partial charge >= 0.3 is 0 Å². The van der Waals surface area contributed by atoms with Crippen LogP contribution in [0.5, 0.6) is 0 Å². The first-order valence-electron chi connectivity index (χ1n) is 6.75. The van der Waals surface area contributed by atoms with E-state index in [2.05, 4.69) is 51.0 Å². The van der Waals surface area contributed by atoms with Crippen molar-refractivity contribution in [3.63, 3.8) is 0 Å². The molecule has 0 radical (unpaired) electrons. The predicted octanol–water partition coefficient (Wildman–Crippen LogP) is 3.36. The van der Waals surface area contributed by atoms with Crippen molar-refractivity contribution in [1.29, 1.82) is 0 Å². The first-order valence-corrected chi connectivity index (χ1v) is 6.75. The van der Waals surface area contributed by atoms with Crippen LogP contribution in [-0.2, 0) is 6.42 Å². The zero-order valence-electron chi connectivity index (χ0n) is 12.1. The third-order valence-electron chi connectivity index (χ3n) is 3.54. The Balaban J connectivity index is 2.11. The summed E-state index contributed by atoms with van der Waals surface area (Å²) in [7, 11) is 0. The van der Waals surface area contributed by atoms with E-state index in [9.17, 15) is 5.11 Å². The van der Waals surface area contributed by atoms with E-state index in [1.807, 2.05) is 10.9 Å². The Labute approximate surface area is 114 Å². The highest BCUT2D eigenvalue weighted by Gasteiger charge is 2.12. The molecule has 1 aromatic heterocycles. The lowest BCUT2D eigenvalue weighted by molar-refractivity contribution is 0.178. The number of aliphatic hydroxyl groups is 1. The van der Waals surface area contributed by atoms with Gasteiger partial charge in [-0.15, -0.1) is 0 Å². The second kappa shape index (κ2) is 5.57. The highest BCUT2D eigenvalue weighted by Crippen LogP contribution is 2.20. The number of aliphatic hydroxyl groups excluding tert-OH is 1. The van der Waals surface area contributed by atoms with Crippen LogP contribution in [0.25, 0.3) is 0 Å². The quantitative estimate of drug-likeness (QED) is 0.913. The van der Waals surface area contributed by atoms with E-state index >= 15 is 0 Å². The summed E-state index contributed by atoms with van der Waals surface area (Å²) in [6, 6.07) is 6.65. The van der Waals surface area contributed by atoms with Gasteiger partial charge in [0.15, 0.2) is 0 Å². The van der Waals surface area contributed by atoms with Crippen molar-refractivity contribution in [2.45, 2.75) is 46.3 Å². The fraction of sp³-hybridized carbons (Fsp3) is 0.438. The fourth-order valence-corrected chi connectivity index (χ4v) is 2.08. The standard InChI is InChI=1S/C16H22N2O/c1-11(2)18-10-15(9-17-18)16(19)8-14-6-5-12(3)13(4)7-14/h5-7,9-11,16,19H,8H2,1-4H3. The normalized spacial score (nSPS) is 12.9. The van der Waals surface area contributed by atoms with Crippen molar-refractivity contribution in [3.8, 4) is 0 Å². The molecule has 0 spiro atoms. The predicted molar refractivity (Wildman–Crippen MR) is 77.2 cm³/mol. The van der Waals surface area contributed by atoms with E-state index in [1.54, 1.807) is 6.20 Å². The smallest absolute Gasteiger partial charge is 0.0860 e. The third kappa shape index (κ3) is 3.24. The minimum absolute atomic E-state index is 0.322. The van der Waals surface area contributed by atoms with Gasteiger partial charge in [-0.1, -0.05) is 18.2 Å². The minimum Gasteiger partial charge on any atom is -0.388 e. The minimum atomic E-state index is -0.491. The van der Waals surface area contributed by atoms with Gasteiger partial charge in [0.2, 0.25) is 0 Å². The van der Waals surface area contributed by atoms with Crippen LogP contribution in [0.1, 0.15) is 48.2 Å². The lowest BCUT2D eigenvalue weighted by Gasteiger charge is -2.10. The maximum Gasteiger partial charge on any atom is 0.0860 e. The van der Waals surface area contributed by atoms with Crippen molar-refractivity contribution in [3.05, 3.63) is 52.8 Å². The van der Waals surface area contributed by atoms with Crippen LogP contribution in [0.2, 0.25) is 0 Å². The number of aryl methyl sites for hydroxylation is 2. The number of rotatable bonds is 4. The zero-order valence-corrected chi connectivity index (χ0v) is 12.1. The first kappa shape index (κ1) is 13.8. The second-order valence-corrected chi connectivity index (χ2v) is 5.49. The summed E-state index contributed by atoms with van der Waals surface area (Å²) in [5.41, 5.74) is 4.59. The van der Waals surface area contributed by atoms with E-state index < -0.39 is 6.10 Å². The Morgan fingerprint density at radius 2 is 1.95 bits per heavy atom. The highest BCUT2D eigenvalue weighted by atomic mass is 16.3. The second-order valence-electron chi connectivity index (χ2n) is 5.49. The van der Waals surface area contributed by atoms with Crippen molar-refractivity contribution in [2.75, 3.05) is 0 Å². The van der Waals surface area contributed by atoms with Gasteiger partial charge in [-0.05, 0) is 44.4 Å². The van der Waals surface area contributed by atoms with Gasteiger partial charge in [0.1, 0.15) is 0 Å². The first-order chi connectivity index (χ1) is 8.97. The summed E-state index contributed by atoms with van der Waals surface area (Å²) in [5.74, 6) is 0. The van der Waals surface area contributed by atoms with Crippen molar-refractivity contribution < 1.29 is 5.11 Å². The molecule has 3 nitrogen and oxygen atoms in total. The molecule has 1 unspecified atom stereocenters. The molecular weight excluding hydrogens is 236 g/mol. The largest absolute Gasteiger partial charge is 0.388 e. The van der Waals surface area contributed by atoms with E-state index in [1.165, 1.54) is 11.1 Å². The van der Waals surface area contributed by atoms with Crippen molar-refractivity contribution >= 4 is 0 Å². The van der Waals surface area contributed by atoms with E-state index in [4.69, 9.17) is 0 Å². The van der Waals surface area contributed by atoms with Gasteiger partial charge in [0.25, 0.3) is 0 Å². The number of aromatic nitrogens is 2. The summed E-state index contributed by atoms with van der Waals surface area (Å²) in [5, 5.41) is 14.5. The molecule has 1 aromatic carbocycles. The van der Waals surface area contributed by atoms with Crippen LogP contribution in [0.4, 0.5) is 0 Å². The average Bonchev–Trinajstić information content (AvgIpc) is 2.83. The summed E-state index contributed by atoms with van der Waals surface area (Å²) in [6.07, 6.45) is 3.82. The van der Waals surface area contributed by atoms with Crippen LogP contribution in [-0.4, -0.2) is 14.9 Å². The summed E-state index contributed by atoms with van der Waals surface area (Å²) in [4.78, 5) is 0. The Morgan fingerprint density at radius 1 is 1.21 bits per heavy atom. The van der Waals surface area contributed by atoms with E-state index in [0.717, 1.165) is 11.1 Å². The van der Waals surface area contributed by atoms with Crippen LogP contribution in [0.3, 0.4) is 0 Å². The summed E-state index contributed by atoms with van der Waals surface area (Å²) < 4.78 is 1.87. The molecule has 3 heteroatoms. The number of benzene rings is 1. The average molecular weight is 258 g/mol. The number of hydrogen-bond donors (Lipinski definition) is 1. The molecule has 0 fully saturated rings. The van der Waals surface area contributed by atoms with Crippen LogP contribution >= 0.6 is 0 Å². The summed E-state index contributed by atoms with van der Waals surface area (Å²) in [6.45, 7) is 8.35. The molecule has 2 aromatic rings. The number of nitrogens with zero attached hydrogens (tertiary/aromatic N) is 2. The summed E-state index contributed by atoms with van der Waals surface area (Å²) >= 11 is 0. The lowest BCUT2D eigenvalue weighted by atomic mass is 10.00. The molecule has 0 aliphatic carbocycles. The van der Waals surface area contributed by atoms with Crippen LogP contribution in [0.15, 0.2) is 30.6 Å². The highest BCUT2D eigenvalue weighted by molar-refractivity contribution is 5.30. The Bertz CT molecular complexity index is 558. The molecule has 0 aliphatic heterocycles. The Morgan fingerprint density at radius 3 is 2.53 bits per heavy atom. The van der Waals surface area contributed by atoms with Gasteiger partial charge in [0, 0.05) is 24.2 Å². The zero-order chi connectivity index (χ0) is 14.0. The molecule has 0 saturated heterocycles. The maximum absolute atomic E-state index is 10.3. The fourth-order valence-electron chi connectivity index (χ4n) is 2.08. The van der Waals surface area contributed by atoms with Gasteiger partial charge < -0.3 is 5.11 Å². The molecular formula is C16H22N2O. The molecule has 0 saturated carbocycles. The molecule has 1 heterocycles. The van der Waals surface area contributed by atoms with Crippen molar-refractivity contribution in [2.24, 2.45) is 0 Å².